The molecule has 0 saturated heterocycles. The average Bonchev–Trinajstić information content (AvgIpc) is 2.66. The van der Waals surface area contributed by atoms with E-state index in [2.05, 4.69) is 4.98 Å². The van der Waals surface area contributed by atoms with Crippen molar-refractivity contribution in [2.75, 3.05) is 5.73 Å². The molecule has 1 aromatic heterocycles. The molecule has 0 fully saturated rings. The third kappa shape index (κ3) is 1.82. The molecule has 0 unspecified atom stereocenters. The van der Waals surface area contributed by atoms with E-state index in [1.807, 2.05) is 6.92 Å². The molecule has 0 aliphatic rings. The van der Waals surface area contributed by atoms with E-state index in [0.29, 0.717) is 22.3 Å². The number of benzene rings is 2. The summed E-state index contributed by atoms with van der Waals surface area (Å²) in [4.78, 5) is 4.09. The fraction of sp³-hybridized carbons (Fsp3) is 0.133. The summed E-state index contributed by atoms with van der Waals surface area (Å²) in [6.45, 7) is 3.45. The third-order valence-corrected chi connectivity index (χ3v) is 3.30. The average molecular weight is 273 g/mol. The summed E-state index contributed by atoms with van der Waals surface area (Å²) in [6.07, 6.45) is 0. The summed E-state index contributed by atoms with van der Waals surface area (Å²) >= 11 is 0. The first-order chi connectivity index (χ1) is 9.47. The Kier molecular flexibility index (Phi) is 2.71. The fourth-order valence-electron chi connectivity index (χ4n) is 2.27. The molecule has 5 heteroatoms. The number of hydrogen-bond donors (Lipinski definition) is 1. The second kappa shape index (κ2) is 4.30. The monoisotopic (exact) mass is 273 g/mol. The number of aromatic nitrogens is 2. The van der Waals surface area contributed by atoms with Crippen molar-refractivity contribution in [2.24, 2.45) is 0 Å². The van der Waals surface area contributed by atoms with E-state index in [4.69, 9.17) is 5.73 Å². The molecule has 0 spiro atoms. The number of nitrogen functional groups attached to an aromatic ring is 1. The Morgan fingerprint density at radius 3 is 2.50 bits per heavy atom. The molecular formula is C15H13F2N3. The molecule has 0 amide bonds. The highest BCUT2D eigenvalue weighted by Gasteiger charge is 2.15. The van der Waals surface area contributed by atoms with E-state index in [0.717, 1.165) is 5.56 Å². The minimum absolute atomic E-state index is 0.132. The molecule has 2 N–H and O–H groups in total. The van der Waals surface area contributed by atoms with Crippen molar-refractivity contribution in [3.8, 4) is 5.69 Å². The van der Waals surface area contributed by atoms with Crippen LogP contribution in [0.1, 0.15) is 11.1 Å². The molecule has 3 nitrogen and oxygen atoms in total. The Bertz CT molecular complexity index is 822. The first-order valence-electron chi connectivity index (χ1n) is 6.18. The minimum atomic E-state index is -0.391. The molecule has 20 heavy (non-hydrogen) atoms. The number of nitrogens with zero attached hydrogens (tertiary/aromatic N) is 2. The lowest BCUT2D eigenvalue weighted by atomic mass is 10.2. The van der Waals surface area contributed by atoms with Gasteiger partial charge in [0.25, 0.3) is 0 Å². The van der Waals surface area contributed by atoms with Gasteiger partial charge in [0.2, 0.25) is 5.95 Å². The number of anilines is 1. The zero-order valence-electron chi connectivity index (χ0n) is 11.1. The van der Waals surface area contributed by atoms with Crippen LogP contribution < -0.4 is 5.73 Å². The smallest absolute Gasteiger partial charge is 0.206 e. The maximum atomic E-state index is 14.1. The van der Waals surface area contributed by atoms with Gasteiger partial charge in [-0.3, -0.25) is 4.57 Å². The molecular weight excluding hydrogens is 260 g/mol. The SMILES string of the molecule is Cc1ccc(-n2c(N)nc3cc(F)c(C)cc32)c(F)c1. The topological polar surface area (TPSA) is 43.8 Å². The normalized spacial score (nSPS) is 11.2. The quantitative estimate of drug-likeness (QED) is 0.737. The molecule has 0 radical (unpaired) electrons. The van der Waals surface area contributed by atoms with Gasteiger partial charge in [-0.15, -0.1) is 0 Å². The molecule has 0 atom stereocenters. The zero-order valence-corrected chi connectivity index (χ0v) is 11.1. The second-order valence-electron chi connectivity index (χ2n) is 4.85. The van der Waals surface area contributed by atoms with Gasteiger partial charge in [0, 0.05) is 6.07 Å². The van der Waals surface area contributed by atoms with Gasteiger partial charge in [0.05, 0.1) is 16.7 Å². The minimum Gasteiger partial charge on any atom is -0.369 e. The Hall–Kier alpha value is -2.43. The van der Waals surface area contributed by atoms with Gasteiger partial charge in [0.15, 0.2) is 0 Å². The Morgan fingerprint density at radius 2 is 1.80 bits per heavy atom. The highest BCUT2D eigenvalue weighted by atomic mass is 19.1. The largest absolute Gasteiger partial charge is 0.369 e. The van der Waals surface area contributed by atoms with E-state index >= 15 is 0 Å². The van der Waals surface area contributed by atoms with Gasteiger partial charge in [-0.25, -0.2) is 13.8 Å². The predicted octanol–water partition coefficient (Wildman–Crippen LogP) is 3.50. The van der Waals surface area contributed by atoms with Gasteiger partial charge in [0.1, 0.15) is 11.6 Å². The van der Waals surface area contributed by atoms with Crippen molar-refractivity contribution in [1.29, 1.82) is 0 Å². The number of rotatable bonds is 1. The molecule has 3 rings (SSSR count). The van der Waals surface area contributed by atoms with Crippen LogP contribution in [0.5, 0.6) is 0 Å². The van der Waals surface area contributed by atoms with Crippen LogP contribution in [0.2, 0.25) is 0 Å². The van der Waals surface area contributed by atoms with Crippen molar-refractivity contribution in [2.45, 2.75) is 13.8 Å². The Balaban J connectivity index is 2.35. The highest BCUT2D eigenvalue weighted by molar-refractivity contribution is 5.81. The van der Waals surface area contributed by atoms with Gasteiger partial charge in [-0.2, -0.15) is 0 Å². The first-order valence-corrected chi connectivity index (χ1v) is 6.18. The van der Waals surface area contributed by atoms with Gasteiger partial charge in [-0.05, 0) is 43.2 Å². The molecule has 0 bridgehead atoms. The number of halogens is 2. The van der Waals surface area contributed by atoms with E-state index in [1.165, 1.54) is 16.7 Å². The zero-order chi connectivity index (χ0) is 14.4. The van der Waals surface area contributed by atoms with E-state index in [9.17, 15) is 8.78 Å². The van der Waals surface area contributed by atoms with Crippen LogP contribution in [0.4, 0.5) is 14.7 Å². The lowest BCUT2D eigenvalue weighted by Crippen LogP contribution is -2.03. The summed E-state index contributed by atoms with van der Waals surface area (Å²) in [5, 5.41) is 0. The summed E-state index contributed by atoms with van der Waals surface area (Å²) < 4.78 is 29.2. The highest BCUT2D eigenvalue weighted by Crippen LogP contribution is 2.27. The molecule has 102 valence electrons. The van der Waals surface area contributed by atoms with Crippen LogP contribution in [-0.4, -0.2) is 9.55 Å². The molecule has 3 aromatic rings. The van der Waals surface area contributed by atoms with Crippen molar-refractivity contribution in [3.63, 3.8) is 0 Å². The number of aryl methyl sites for hydroxylation is 2. The van der Waals surface area contributed by atoms with Crippen molar-refractivity contribution < 1.29 is 8.78 Å². The predicted molar refractivity (Wildman–Crippen MR) is 74.9 cm³/mol. The standard InChI is InChI=1S/C15H13F2N3/c1-8-3-4-13(11(17)5-8)20-14-6-9(2)10(16)7-12(14)19-15(20)18/h3-7H,1-2H3,(H2,18,19). The van der Waals surface area contributed by atoms with E-state index in [1.54, 1.807) is 25.1 Å². The molecule has 0 aliphatic heterocycles. The molecule has 0 aliphatic carbocycles. The first kappa shape index (κ1) is 12.6. The van der Waals surface area contributed by atoms with Crippen LogP contribution in [0.15, 0.2) is 30.3 Å². The number of nitrogens with two attached hydrogens (primary N) is 1. The van der Waals surface area contributed by atoms with Gasteiger partial charge in [-0.1, -0.05) is 6.07 Å². The van der Waals surface area contributed by atoms with E-state index in [-0.39, 0.29) is 11.8 Å². The molecule has 0 saturated carbocycles. The summed E-state index contributed by atoms with van der Waals surface area (Å²) in [7, 11) is 0. The van der Waals surface area contributed by atoms with Gasteiger partial charge < -0.3 is 5.73 Å². The molecule has 1 heterocycles. The van der Waals surface area contributed by atoms with Crippen molar-refractivity contribution in [3.05, 3.63) is 53.1 Å². The van der Waals surface area contributed by atoms with Crippen LogP contribution in [-0.2, 0) is 0 Å². The van der Waals surface area contributed by atoms with Crippen LogP contribution in [0.25, 0.3) is 16.7 Å². The van der Waals surface area contributed by atoms with Crippen LogP contribution >= 0.6 is 0 Å². The third-order valence-electron chi connectivity index (χ3n) is 3.30. The van der Waals surface area contributed by atoms with Crippen molar-refractivity contribution >= 4 is 17.0 Å². The van der Waals surface area contributed by atoms with Crippen LogP contribution in [0.3, 0.4) is 0 Å². The van der Waals surface area contributed by atoms with Crippen LogP contribution in [0, 0.1) is 25.5 Å². The molecule has 2 aromatic carbocycles. The number of hydrogen-bond acceptors (Lipinski definition) is 2. The summed E-state index contributed by atoms with van der Waals surface area (Å²) in [6, 6.07) is 7.79. The lowest BCUT2D eigenvalue weighted by Gasteiger charge is -2.09. The summed E-state index contributed by atoms with van der Waals surface area (Å²) in [5.41, 5.74) is 8.44. The maximum Gasteiger partial charge on any atom is 0.206 e. The lowest BCUT2D eigenvalue weighted by molar-refractivity contribution is 0.618. The van der Waals surface area contributed by atoms with E-state index < -0.39 is 5.82 Å². The Labute approximate surface area is 114 Å². The van der Waals surface area contributed by atoms with Crippen molar-refractivity contribution in [1.82, 2.24) is 9.55 Å². The van der Waals surface area contributed by atoms with Gasteiger partial charge >= 0.3 is 0 Å². The second-order valence-corrected chi connectivity index (χ2v) is 4.85. The fourth-order valence-corrected chi connectivity index (χ4v) is 2.27. The summed E-state index contributed by atoms with van der Waals surface area (Å²) in [5.74, 6) is -0.614. The number of imidazole rings is 1. The Morgan fingerprint density at radius 1 is 1.05 bits per heavy atom. The number of fused-ring (bicyclic) bond motifs is 1. The maximum absolute atomic E-state index is 14.1.